The van der Waals surface area contributed by atoms with E-state index < -0.39 is 10.0 Å². The number of pyridine rings is 1. The lowest BCUT2D eigenvalue weighted by Gasteiger charge is -2.12. The number of nitrogens with one attached hydrogen (secondary N) is 1. The van der Waals surface area contributed by atoms with E-state index in [4.69, 9.17) is 4.42 Å². The monoisotopic (exact) mass is 309 g/mol. The third-order valence-electron chi connectivity index (χ3n) is 3.09. The topological polar surface area (TPSA) is 75.4 Å². The molecule has 0 spiro atoms. The van der Waals surface area contributed by atoms with Crippen LogP contribution in [0.1, 0.15) is 24.4 Å². The summed E-state index contributed by atoms with van der Waals surface area (Å²) in [5.41, 5.74) is 0.921. The normalized spacial score (nSPS) is 13.5. The molecule has 0 aliphatic carbocycles. The quantitative estimate of drug-likeness (QED) is 0.880. The van der Waals surface area contributed by atoms with Crippen molar-refractivity contribution < 1.29 is 12.8 Å². The maximum absolute atomic E-state index is 11.9. The number of furan rings is 1. The van der Waals surface area contributed by atoms with E-state index in [1.165, 1.54) is 20.2 Å². The third kappa shape index (κ3) is 3.69. The standard InChI is InChI=1S/C14H19N3O3S/c1-11(13-6-4-5-9-15-13)16-10-12-7-8-14(20-12)21(18,19)17(2)3/h4-9,11,16H,10H2,1-3H3/t11-/m1/s1. The zero-order valence-electron chi connectivity index (χ0n) is 12.3. The van der Waals surface area contributed by atoms with Gasteiger partial charge in [-0.05, 0) is 31.2 Å². The lowest BCUT2D eigenvalue weighted by Crippen LogP contribution is -2.21. The fourth-order valence-electron chi connectivity index (χ4n) is 1.76. The molecule has 0 aromatic carbocycles. The van der Waals surface area contributed by atoms with Crippen molar-refractivity contribution in [1.82, 2.24) is 14.6 Å². The molecule has 2 rings (SSSR count). The summed E-state index contributed by atoms with van der Waals surface area (Å²) < 4.78 is 30.3. The van der Waals surface area contributed by atoms with Crippen molar-refractivity contribution in [3.8, 4) is 0 Å². The summed E-state index contributed by atoms with van der Waals surface area (Å²) in [7, 11) is -0.578. The fourth-order valence-corrected chi connectivity index (χ4v) is 2.57. The van der Waals surface area contributed by atoms with Crippen LogP contribution in [0.15, 0.2) is 46.0 Å². The van der Waals surface area contributed by atoms with Gasteiger partial charge in [0.2, 0.25) is 5.09 Å². The predicted molar refractivity (Wildman–Crippen MR) is 79.1 cm³/mol. The van der Waals surface area contributed by atoms with Crippen LogP contribution in [0.4, 0.5) is 0 Å². The van der Waals surface area contributed by atoms with Gasteiger partial charge < -0.3 is 9.73 Å². The summed E-state index contributed by atoms with van der Waals surface area (Å²) in [6.07, 6.45) is 1.74. The van der Waals surface area contributed by atoms with E-state index in [0.29, 0.717) is 12.3 Å². The highest BCUT2D eigenvalue weighted by molar-refractivity contribution is 7.88. The molecule has 0 bridgehead atoms. The van der Waals surface area contributed by atoms with E-state index >= 15 is 0 Å². The van der Waals surface area contributed by atoms with Crippen LogP contribution in [0.3, 0.4) is 0 Å². The highest BCUT2D eigenvalue weighted by Gasteiger charge is 2.21. The highest BCUT2D eigenvalue weighted by atomic mass is 32.2. The van der Waals surface area contributed by atoms with Gasteiger partial charge in [0.1, 0.15) is 5.76 Å². The maximum Gasteiger partial charge on any atom is 0.275 e. The molecule has 6 nitrogen and oxygen atoms in total. The Kier molecular flexibility index (Phi) is 4.76. The van der Waals surface area contributed by atoms with Gasteiger partial charge >= 0.3 is 0 Å². The Balaban J connectivity index is 2.01. The van der Waals surface area contributed by atoms with Crippen molar-refractivity contribution in [1.29, 1.82) is 0 Å². The average molecular weight is 309 g/mol. The molecule has 2 aromatic rings. The first-order valence-corrected chi connectivity index (χ1v) is 8.01. The van der Waals surface area contributed by atoms with E-state index in [9.17, 15) is 8.42 Å². The summed E-state index contributed by atoms with van der Waals surface area (Å²) in [5, 5.41) is 3.20. The van der Waals surface area contributed by atoms with Crippen molar-refractivity contribution in [2.45, 2.75) is 24.6 Å². The first kappa shape index (κ1) is 15.7. The molecule has 0 fully saturated rings. The van der Waals surface area contributed by atoms with Gasteiger partial charge in [-0.3, -0.25) is 4.98 Å². The van der Waals surface area contributed by atoms with Crippen LogP contribution in [0, 0.1) is 0 Å². The molecule has 0 aliphatic rings. The first-order valence-electron chi connectivity index (χ1n) is 6.57. The molecule has 1 atom stereocenters. The van der Waals surface area contributed by atoms with Crippen molar-refractivity contribution >= 4 is 10.0 Å². The van der Waals surface area contributed by atoms with Gasteiger partial charge in [-0.25, -0.2) is 12.7 Å². The minimum atomic E-state index is -3.52. The molecule has 0 aliphatic heterocycles. The molecular formula is C14H19N3O3S. The van der Waals surface area contributed by atoms with Crippen molar-refractivity contribution in [3.63, 3.8) is 0 Å². The van der Waals surface area contributed by atoms with Crippen LogP contribution in [0.5, 0.6) is 0 Å². The minimum absolute atomic E-state index is 0.0465. The second-order valence-corrected chi connectivity index (χ2v) is 6.95. The Morgan fingerprint density at radius 2 is 2.05 bits per heavy atom. The molecule has 1 N–H and O–H groups in total. The SMILES string of the molecule is C[C@@H](NCc1ccc(S(=O)(=O)N(C)C)o1)c1ccccn1. The van der Waals surface area contributed by atoms with Gasteiger partial charge in [0.05, 0.1) is 12.2 Å². The number of sulfonamides is 1. The van der Waals surface area contributed by atoms with Gasteiger partial charge in [0, 0.05) is 26.3 Å². The number of rotatable bonds is 6. The molecule has 0 saturated heterocycles. The van der Waals surface area contributed by atoms with E-state index in [-0.39, 0.29) is 11.1 Å². The van der Waals surface area contributed by atoms with Gasteiger partial charge in [-0.15, -0.1) is 0 Å². The molecule has 0 amide bonds. The second kappa shape index (κ2) is 6.38. The number of hydrogen-bond acceptors (Lipinski definition) is 5. The molecule has 0 saturated carbocycles. The molecule has 2 aromatic heterocycles. The third-order valence-corrected chi connectivity index (χ3v) is 4.78. The smallest absolute Gasteiger partial charge is 0.275 e. The predicted octanol–water partition coefficient (Wildman–Crippen LogP) is 1.78. The lowest BCUT2D eigenvalue weighted by atomic mass is 10.2. The number of nitrogens with zero attached hydrogens (tertiary/aromatic N) is 2. The van der Waals surface area contributed by atoms with Gasteiger partial charge in [0.25, 0.3) is 10.0 Å². The minimum Gasteiger partial charge on any atom is -0.447 e. The van der Waals surface area contributed by atoms with Gasteiger partial charge in [-0.2, -0.15) is 0 Å². The van der Waals surface area contributed by atoms with Crippen LogP contribution in [0.25, 0.3) is 0 Å². The van der Waals surface area contributed by atoms with Crippen LogP contribution >= 0.6 is 0 Å². The van der Waals surface area contributed by atoms with E-state index in [2.05, 4.69) is 10.3 Å². The molecule has 114 valence electrons. The zero-order chi connectivity index (χ0) is 15.5. The molecule has 0 unspecified atom stereocenters. The number of aromatic nitrogens is 1. The molecular weight excluding hydrogens is 290 g/mol. The summed E-state index contributed by atoms with van der Waals surface area (Å²) in [4.78, 5) is 4.26. The van der Waals surface area contributed by atoms with E-state index in [0.717, 1.165) is 10.00 Å². The van der Waals surface area contributed by atoms with Crippen LogP contribution in [0.2, 0.25) is 0 Å². The van der Waals surface area contributed by atoms with E-state index in [1.807, 2.05) is 25.1 Å². The van der Waals surface area contributed by atoms with Crippen LogP contribution in [-0.2, 0) is 16.6 Å². The summed E-state index contributed by atoms with van der Waals surface area (Å²) >= 11 is 0. The largest absolute Gasteiger partial charge is 0.447 e. The summed E-state index contributed by atoms with van der Waals surface area (Å²) in [6.45, 7) is 2.42. The van der Waals surface area contributed by atoms with Crippen LogP contribution < -0.4 is 5.32 Å². The highest BCUT2D eigenvalue weighted by Crippen LogP contribution is 2.17. The molecule has 7 heteroatoms. The lowest BCUT2D eigenvalue weighted by molar-refractivity contribution is 0.381. The molecule has 0 radical (unpaired) electrons. The Morgan fingerprint density at radius 3 is 2.67 bits per heavy atom. The Hall–Kier alpha value is -1.70. The Labute approximate surface area is 124 Å². The fraction of sp³-hybridized carbons (Fsp3) is 0.357. The summed E-state index contributed by atoms with van der Waals surface area (Å²) in [6, 6.07) is 8.90. The average Bonchev–Trinajstić information content (AvgIpc) is 2.95. The van der Waals surface area contributed by atoms with Gasteiger partial charge in [-0.1, -0.05) is 6.07 Å². The zero-order valence-corrected chi connectivity index (χ0v) is 13.1. The Bertz CT molecular complexity index is 680. The van der Waals surface area contributed by atoms with E-state index in [1.54, 1.807) is 12.3 Å². The van der Waals surface area contributed by atoms with Crippen molar-refractivity contribution in [2.75, 3.05) is 14.1 Å². The van der Waals surface area contributed by atoms with Crippen molar-refractivity contribution in [2.24, 2.45) is 0 Å². The van der Waals surface area contributed by atoms with Crippen molar-refractivity contribution in [3.05, 3.63) is 48.0 Å². The first-order chi connectivity index (χ1) is 9.91. The van der Waals surface area contributed by atoms with Gasteiger partial charge in [0.15, 0.2) is 0 Å². The molecule has 2 heterocycles. The number of hydrogen-bond donors (Lipinski definition) is 1. The molecule has 21 heavy (non-hydrogen) atoms. The second-order valence-electron chi connectivity index (χ2n) is 4.87. The maximum atomic E-state index is 11.9. The van der Waals surface area contributed by atoms with Crippen LogP contribution in [-0.4, -0.2) is 31.8 Å². The Morgan fingerprint density at radius 1 is 1.29 bits per heavy atom. The summed E-state index contributed by atoms with van der Waals surface area (Å²) in [5.74, 6) is 0.568.